The maximum atomic E-state index is 13.7. The lowest BCUT2D eigenvalue weighted by atomic mass is 9.98. The van der Waals surface area contributed by atoms with Crippen molar-refractivity contribution in [1.29, 1.82) is 0 Å². The molecule has 1 unspecified atom stereocenters. The number of halogens is 2. The summed E-state index contributed by atoms with van der Waals surface area (Å²) in [6, 6.07) is 2.70. The van der Waals surface area contributed by atoms with Crippen molar-refractivity contribution >= 4 is 11.8 Å². The zero-order chi connectivity index (χ0) is 15.0. The number of hydrogen-bond acceptors (Lipinski definition) is 2. The first-order valence-corrected chi connectivity index (χ1v) is 7.08. The Bertz CT molecular complexity index is 591. The van der Waals surface area contributed by atoms with Crippen LogP contribution in [0.15, 0.2) is 18.2 Å². The van der Waals surface area contributed by atoms with Gasteiger partial charge in [-0.3, -0.25) is 9.59 Å². The van der Waals surface area contributed by atoms with E-state index in [0.29, 0.717) is 13.0 Å². The van der Waals surface area contributed by atoms with Crippen LogP contribution in [0, 0.1) is 11.6 Å². The summed E-state index contributed by atoms with van der Waals surface area (Å²) in [7, 11) is 0. The lowest BCUT2D eigenvalue weighted by Gasteiger charge is -2.42. The van der Waals surface area contributed by atoms with Crippen LogP contribution in [-0.4, -0.2) is 40.7 Å². The molecule has 0 spiro atoms. The van der Waals surface area contributed by atoms with Crippen LogP contribution < -0.4 is 0 Å². The molecule has 2 aliphatic rings. The summed E-state index contributed by atoms with van der Waals surface area (Å²) < 4.78 is 26.9. The molecule has 1 atom stereocenters. The molecule has 21 heavy (non-hydrogen) atoms. The van der Waals surface area contributed by atoms with Gasteiger partial charge in [-0.1, -0.05) is 0 Å². The molecule has 1 aromatic rings. The Kier molecular flexibility index (Phi) is 3.61. The molecule has 0 saturated carbocycles. The number of fused-ring (bicyclic) bond motifs is 1. The number of benzene rings is 1. The van der Waals surface area contributed by atoms with E-state index in [4.69, 9.17) is 0 Å². The topological polar surface area (TPSA) is 40.6 Å². The van der Waals surface area contributed by atoms with Crippen molar-refractivity contribution in [3.63, 3.8) is 0 Å². The predicted molar refractivity (Wildman–Crippen MR) is 71.1 cm³/mol. The van der Waals surface area contributed by atoms with Crippen LogP contribution in [0.4, 0.5) is 8.78 Å². The fourth-order valence-electron chi connectivity index (χ4n) is 3.03. The summed E-state index contributed by atoms with van der Waals surface area (Å²) in [5.41, 5.74) is 0.0976. The quantitative estimate of drug-likeness (QED) is 0.833. The van der Waals surface area contributed by atoms with E-state index in [0.717, 1.165) is 31.0 Å². The summed E-state index contributed by atoms with van der Waals surface area (Å²) in [6.45, 7) is 0.473. The second-order valence-electron chi connectivity index (χ2n) is 5.53. The van der Waals surface area contributed by atoms with E-state index in [1.165, 1.54) is 4.90 Å². The molecule has 2 heterocycles. The lowest BCUT2D eigenvalue weighted by molar-refractivity contribution is -0.158. The van der Waals surface area contributed by atoms with Gasteiger partial charge >= 0.3 is 0 Å². The number of carbonyl (C=O) groups is 2. The first-order valence-electron chi connectivity index (χ1n) is 7.08. The molecule has 0 aromatic heterocycles. The smallest absolute Gasteiger partial charge is 0.246 e. The number of nitrogens with zero attached hydrogens (tertiary/aromatic N) is 2. The van der Waals surface area contributed by atoms with Crippen LogP contribution in [0.3, 0.4) is 0 Å². The van der Waals surface area contributed by atoms with E-state index in [-0.39, 0.29) is 30.5 Å². The van der Waals surface area contributed by atoms with Gasteiger partial charge < -0.3 is 9.80 Å². The molecule has 0 radical (unpaired) electrons. The Balaban J connectivity index is 1.81. The van der Waals surface area contributed by atoms with E-state index >= 15 is 0 Å². The van der Waals surface area contributed by atoms with Gasteiger partial charge in [-0.25, -0.2) is 8.78 Å². The molecule has 2 amide bonds. The van der Waals surface area contributed by atoms with Crippen molar-refractivity contribution in [3.8, 4) is 0 Å². The number of carbonyl (C=O) groups excluding carboxylic acids is 2. The highest BCUT2D eigenvalue weighted by Gasteiger charge is 2.40. The average molecular weight is 294 g/mol. The molecule has 2 aliphatic heterocycles. The molecule has 2 fully saturated rings. The minimum atomic E-state index is -0.567. The average Bonchev–Trinajstić information content (AvgIpc) is 2.48. The monoisotopic (exact) mass is 294 g/mol. The van der Waals surface area contributed by atoms with Crippen LogP contribution >= 0.6 is 0 Å². The molecular weight excluding hydrogens is 278 g/mol. The number of rotatable bonds is 2. The van der Waals surface area contributed by atoms with Gasteiger partial charge in [0, 0.05) is 18.7 Å². The van der Waals surface area contributed by atoms with Crippen LogP contribution in [-0.2, 0) is 16.1 Å². The van der Waals surface area contributed by atoms with E-state index in [2.05, 4.69) is 0 Å². The molecule has 2 saturated heterocycles. The molecular formula is C15H16F2N2O2. The maximum absolute atomic E-state index is 13.7. The van der Waals surface area contributed by atoms with Gasteiger partial charge in [-0.2, -0.15) is 0 Å². The van der Waals surface area contributed by atoms with Crippen LogP contribution in [0.25, 0.3) is 0 Å². The predicted octanol–water partition coefficient (Wildman–Crippen LogP) is 1.69. The summed E-state index contributed by atoms with van der Waals surface area (Å²) >= 11 is 0. The van der Waals surface area contributed by atoms with Gasteiger partial charge in [-0.05, 0) is 37.5 Å². The molecule has 0 aliphatic carbocycles. The zero-order valence-electron chi connectivity index (χ0n) is 11.5. The summed E-state index contributed by atoms with van der Waals surface area (Å²) in [6.07, 6.45) is 2.46. The van der Waals surface area contributed by atoms with Gasteiger partial charge in [-0.15, -0.1) is 0 Å². The Morgan fingerprint density at radius 2 is 2.00 bits per heavy atom. The van der Waals surface area contributed by atoms with Crippen molar-refractivity contribution in [2.24, 2.45) is 0 Å². The van der Waals surface area contributed by atoms with E-state index in [1.807, 2.05) is 0 Å². The maximum Gasteiger partial charge on any atom is 0.246 e. The third-order valence-electron chi connectivity index (χ3n) is 4.11. The number of hydrogen-bond donors (Lipinski definition) is 0. The van der Waals surface area contributed by atoms with Gasteiger partial charge in [0.1, 0.15) is 24.2 Å². The van der Waals surface area contributed by atoms with Gasteiger partial charge in [0.05, 0.1) is 0 Å². The molecule has 6 heteroatoms. The van der Waals surface area contributed by atoms with E-state index in [1.54, 1.807) is 4.90 Å². The highest BCUT2D eigenvalue weighted by molar-refractivity contribution is 5.95. The fourth-order valence-corrected chi connectivity index (χ4v) is 3.03. The van der Waals surface area contributed by atoms with Crippen LogP contribution in [0.5, 0.6) is 0 Å². The van der Waals surface area contributed by atoms with Crippen molar-refractivity contribution in [2.45, 2.75) is 31.8 Å². The second-order valence-corrected chi connectivity index (χ2v) is 5.53. The first kappa shape index (κ1) is 14.0. The Hall–Kier alpha value is -1.98. The van der Waals surface area contributed by atoms with Crippen LogP contribution in [0.1, 0.15) is 24.8 Å². The Morgan fingerprint density at radius 3 is 2.81 bits per heavy atom. The first-order chi connectivity index (χ1) is 10.1. The van der Waals surface area contributed by atoms with Crippen molar-refractivity contribution in [1.82, 2.24) is 9.80 Å². The summed E-state index contributed by atoms with van der Waals surface area (Å²) in [5.74, 6) is -1.40. The highest BCUT2D eigenvalue weighted by Crippen LogP contribution is 2.24. The largest absolute Gasteiger partial charge is 0.329 e. The lowest BCUT2D eigenvalue weighted by Crippen LogP contribution is -2.60. The molecule has 4 nitrogen and oxygen atoms in total. The Labute approximate surface area is 121 Å². The van der Waals surface area contributed by atoms with Crippen LogP contribution in [0.2, 0.25) is 0 Å². The van der Waals surface area contributed by atoms with Gasteiger partial charge in [0.2, 0.25) is 11.8 Å². The number of piperidine rings is 1. The van der Waals surface area contributed by atoms with Crippen molar-refractivity contribution < 1.29 is 18.4 Å². The molecule has 3 rings (SSSR count). The minimum Gasteiger partial charge on any atom is -0.329 e. The third kappa shape index (κ3) is 2.62. The van der Waals surface area contributed by atoms with E-state index < -0.39 is 17.7 Å². The molecule has 1 aromatic carbocycles. The second kappa shape index (κ2) is 5.42. The van der Waals surface area contributed by atoms with Gasteiger partial charge in [0.15, 0.2) is 0 Å². The summed E-state index contributed by atoms with van der Waals surface area (Å²) in [5, 5.41) is 0. The summed E-state index contributed by atoms with van der Waals surface area (Å²) in [4.78, 5) is 27.5. The standard InChI is InChI=1S/C15H16F2N2O2/c16-11-4-5-12(17)10(7-11)8-18-9-14(20)19-6-2-1-3-13(19)15(18)21/h4-5,7,13H,1-3,6,8-9H2. The normalized spacial score (nSPS) is 22.5. The van der Waals surface area contributed by atoms with Crippen molar-refractivity contribution in [3.05, 3.63) is 35.4 Å². The zero-order valence-corrected chi connectivity index (χ0v) is 11.5. The minimum absolute atomic E-state index is 0.0642. The van der Waals surface area contributed by atoms with E-state index in [9.17, 15) is 18.4 Å². The number of piperazine rings is 1. The third-order valence-corrected chi connectivity index (χ3v) is 4.11. The van der Waals surface area contributed by atoms with Crippen molar-refractivity contribution in [2.75, 3.05) is 13.1 Å². The highest BCUT2D eigenvalue weighted by atomic mass is 19.1. The van der Waals surface area contributed by atoms with Gasteiger partial charge in [0.25, 0.3) is 0 Å². The molecule has 112 valence electrons. The molecule has 0 N–H and O–H groups in total. The SMILES string of the molecule is O=C1C2CCCCN2C(=O)CN1Cc1cc(F)ccc1F. The molecule has 0 bridgehead atoms. The number of amides is 2. The Morgan fingerprint density at radius 1 is 1.19 bits per heavy atom. The fraction of sp³-hybridized carbons (Fsp3) is 0.467.